The average molecular weight is 576 g/mol. The van der Waals surface area contributed by atoms with Gasteiger partial charge in [0.2, 0.25) is 5.95 Å². The summed E-state index contributed by atoms with van der Waals surface area (Å²) in [4.78, 5) is 10.6. The molecule has 1 aliphatic heterocycles. The maximum atomic E-state index is 11.7. The van der Waals surface area contributed by atoms with Gasteiger partial charge in [-0.1, -0.05) is 37.6 Å². The van der Waals surface area contributed by atoms with Crippen molar-refractivity contribution in [3.63, 3.8) is 0 Å². The van der Waals surface area contributed by atoms with Gasteiger partial charge in [-0.15, -0.1) is 11.6 Å². The molecule has 1 saturated heterocycles. The summed E-state index contributed by atoms with van der Waals surface area (Å²) in [6.07, 6.45) is 2.90. The molecular formula is C27H28Cl2N4O4S. The molecule has 0 amide bonds. The minimum absolute atomic E-state index is 0.243. The van der Waals surface area contributed by atoms with E-state index in [1.807, 2.05) is 35.2 Å². The number of ether oxygens (including phenoxy) is 2. The van der Waals surface area contributed by atoms with Gasteiger partial charge in [0.25, 0.3) is 0 Å². The molecule has 0 spiro atoms. The van der Waals surface area contributed by atoms with Crippen LogP contribution in [0.5, 0.6) is 11.5 Å². The Morgan fingerprint density at radius 2 is 1.84 bits per heavy atom. The van der Waals surface area contributed by atoms with Crippen LogP contribution in [0.2, 0.25) is 5.02 Å². The SMILES string of the molecule is CC(C)(c1ccc(OCc2ccnc(N3CC(S(C)(=O)=O)C3)n2)cc1)c1cc(Cl)c(OCCCl)c(C#N)c1. The van der Waals surface area contributed by atoms with Crippen LogP contribution < -0.4 is 14.4 Å². The van der Waals surface area contributed by atoms with Crippen molar-refractivity contribution in [2.45, 2.75) is 31.1 Å². The summed E-state index contributed by atoms with van der Waals surface area (Å²) in [6.45, 7) is 5.41. The van der Waals surface area contributed by atoms with E-state index in [0.29, 0.717) is 52.7 Å². The van der Waals surface area contributed by atoms with Gasteiger partial charge in [0.1, 0.15) is 25.0 Å². The lowest BCUT2D eigenvalue weighted by molar-refractivity contribution is 0.301. The van der Waals surface area contributed by atoms with Gasteiger partial charge in [-0.25, -0.2) is 18.4 Å². The zero-order chi connectivity index (χ0) is 27.5. The molecular weight excluding hydrogens is 547 g/mol. The largest absolute Gasteiger partial charge is 0.489 e. The van der Waals surface area contributed by atoms with Crippen LogP contribution in [-0.2, 0) is 21.9 Å². The fourth-order valence-electron chi connectivity index (χ4n) is 4.11. The van der Waals surface area contributed by atoms with Crippen LogP contribution in [0.15, 0.2) is 48.7 Å². The molecule has 4 rings (SSSR count). The molecule has 1 fully saturated rings. The van der Waals surface area contributed by atoms with Crippen molar-refractivity contribution in [3.8, 4) is 17.6 Å². The number of hydrogen-bond acceptors (Lipinski definition) is 8. The molecule has 0 aliphatic carbocycles. The van der Waals surface area contributed by atoms with Crippen molar-refractivity contribution in [2.24, 2.45) is 0 Å². The Balaban J connectivity index is 1.43. The van der Waals surface area contributed by atoms with Gasteiger partial charge in [0, 0.05) is 31.0 Å². The van der Waals surface area contributed by atoms with Crippen LogP contribution in [0.4, 0.5) is 5.95 Å². The smallest absolute Gasteiger partial charge is 0.225 e. The highest BCUT2D eigenvalue weighted by Crippen LogP contribution is 2.38. The Labute approximate surface area is 233 Å². The monoisotopic (exact) mass is 574 g/mol. The molecule has 0 atom stereocenters. The van der Waals surface area contributed by atoms with Crippen LogP contribution >= 0.6 is 23.2 Å². The Morgan fingerprint density at radius 1 is 1.13 bits per heavy atom. The molecule has 0 N–H and O–H groups in total. The molecule has 2 heterocycles. The molecule has 2 aromatic carbocycles. The van der Waals surface area contributed by atoms with E-state index in [4.69, 9.17) is 32.7 Å². The number of hydrogen-bond donors (Lipinski definition) is 0. The van der Waals surface area contributed by atoms with Crippen LogP contribution in [0.25, 0.3) is 0 Å². The standard InChI is InChI=1S/C27H28Cl2N4O4S/c1-27(2,20-12-18(14-30)25(24(29)13-20)36-11-9-28)19-4-6-22(7-5-19)37-17-21-8-10-31-26(32-21)33-15-23(16-33)38(3,34)35/h4-8,10,12-13,23H,9,11,15-17H2,1-3H3. The summed E-state index contributed by atoms with van der Waals surface area (Å²) in [7, 11) is -3.06. The predicted octanol–water partition coefficient (Wildman–Crippen LogP) is 4.76. The first kappa shape index (κ1) is 28.0. The van der Waals surface area contributed by atoms with Gasteiger partial charge in [0.05, 0.1) is 27.4 Å². The van der Waals surface area contributed by atoms with E-state index in [0.717, 1.165) is 11.1 Å². The molecule has 8 nitrogen and oxygen atoms in total. The second-order valence-electron chi connectivity index (χ2n) is 9.63. The zero-order valence-corrected chi connectivity index (χ0v) is 23.6. The third kappa shape index (κ3) is 6.15. The van der Waals surface area contributed by atoms with E-state index in [1.54, 1.807) is 18.3 Å². The number of anilines is 1. The van der Waals surface area contributed by atoms with Crippen molar-refractivity contribution in [3.05, 3.63) is 76.1 Å². The normalized spacial score (nSPS) is 14.1. The fourth-order valence-corrected chi connectivity index (χ4v) is 5.36. The lowest BCUT2D eigenvalue weighted by Gasteiger charge is -2.37. The number of aromatic nitrogens is 2. The van der Waals surface area contributed by atoms with Gasteiger partial charge in [-0.3, -0.25) is 0 Å². The van der Waals surface area contributed by atoms with Crippen molar-refractivity contribution < 1.29 is 17.9 Å². The van der Waals surface area contributed by atoms with Gasteiger partial charge >= 0.3 is 0 Å². The van der Waals surface area contributed by atoms with Crippen LogP contribution in [0.1, 0.15) is 36.2 Å². The maximum Gasteiger partial charge on any atom is 0.225 e. The highest BCUT2D eigenvalue weighted by atomic mass is 35.5. The van der Waals surface area contributed by atoms with Crippen LogP contribution in [-0.4, -0.2) is 55.5 Å². The Hall–Kier alpha value is -3.06. The second kappa shape index (κ2) is 11.4. The van der Waals surface area contributed by atoms with Crippen molar-refractivity contribution >= 4 is 39.0 Å². The van der Waals surface area contributed by atoms with E-state index >= 15 is 0 Å². The summed E-state index contributed by atoms with van der Waals surface area (Å²) >= 11 is 12.2. The molecule has 0 unspecified atom stereocenters. The Morgan fingerprint density at radius 3 is 2.47 bits per heavy atom. The number of nitriles is 1. The predicted molar refractivity (Wildman–Crippen MR) is 148 cm³/mol. The first-order valence-corrected chi connectivity index (χ1v) is 14.8. The van der Waals surface area contributed by atoms with Crippen LogP contribution in [0, 0.1) is 11.3 Å². The minimum Gasteiger partial charge on any atom is -0.489 e. The highest BCUT2D eigenvalue weighted by molar-refractivity contribution is 7.91. The Kier molecular flexibility index (Phi) is 8.36. The topological polar surface area (TPSA) is 105 Å². The van der Waals surface area contributed by atoms with Crippen LogP contribution in [0.3, 0.4) is 0 Å². The number of halogens is 2. The molecule has 1 aromatic heterocycles. The maximum absolute atomic E-state index is 11.7. The van der Waals surface area contributed by atoms with Crippen molar-refractivity contribution in [1.29, 1.82) is 5.26 Å². The average Bonchev–Trinajstić information content (AvgIpc) is 2.85. The fraction of sp³-hybridized carbons (Fsp3) is 0.370. The Bertz CT molecular complexity index is 1450. The third-order valence-corrected chi connectivity index (χ3v) is 8.55. The highest BCUT2D eigenvalue weighted by Gasteiger charge is 2.36. The third-order valence-electron chi connectivity index (χ3n) is 6.61. The van der Waals surface area contributed by atoms with E-state index in [1.165, 1.54) is 6.26 Å². The summed E-state index contributed by atoms with van der Waals surface area (Å²) in [5, 5.41) is 9.62. The number of sulfone groups is 1. The summed E-state index contributed by atoms with van der Waals surface area (Å²) in [6, 6.07) is 15.3. The van der Waals surface area contributed by atoms with Gasteiger partial charge in [-0.05, 0) is 41.5 Å². The van der Waals surface area contributed by atoms with E-state index in [-0.39, 0.29) is 18.5 Å². The zero-order valence-electron chi connectivity index (χ0n) is 21.3. The number of rotatable bonds is 10. The first-order chi connectivity index (χ1) is 18.0. The molecule has 11 heteroatoms. The van der Waals surface area contributed by atoms with Crippen molar-refractivity contribution in [2.75, 3.05) is 36.7 Å². The van der Waals surface area contributed by atoms with Crippen molar-refractivity contribution in [1.82, 2.24) is 9.97 Å². The second-order valence-corrected chi connectivity index (χ2v) is 12.7. The summed E-state index contributed by atoms with van der Waals surface area (Å²) in [5.74, 6) is 1.81. The lowest BCUT2D eigenvalue weighted by Crippen LogP contribution is -2.55. The number of alkyl halides is 1. The number of benzene rings is 2. The van der Waals surface area contributed by atoms with Gasteiger partial charge in [-0.2, -0.15) is 5.26 Å². The molecule has 3 aromatic rings. The van der Waals surface area contributed by atoms with E-state index in [9.17, 15) is 13.7 Å². The summed E-state index contributed by atoms with van der Waals surface area (Å²) < 4.78 is 34.8. The van der Waals surface area contributed by atoms with E-state index in [2.05, 4.69) is 29.9 Å². The summed E-state index contributed by atoms with van der Waals surface area (Å²) in [5.41, 5.74) is 2.50. The molecule has 0 bridgehead atoms. The molecule has 0 radical (unpaired) electrons. The van der Waals surface area contributed by atoms with E-state index < -0.39 is 15.3 Å². The minimum atomic E-state index is -3.06. The molecule has 200 valence electrons. The van der Waals surface area contributed by atoms with Gasteiger partial charge in [0.15, 0.2) is 15.6 Å². The molecule has 0 saturated carbocycles. The first-order valence-electron chi connectivity index (χ1n) is 11.9. The molecule has 1 aliphatic rings. The lowest BCUT2D eigenvalue weighted by atomic mass is 9.77. The van der Waals surface area contributed by atoms with Gasteiger partial charge < -0.3 is 14.4 Å². The quantitative estimate of drug-likeness (QED) is 0.319. The molecule has 38 heavy (non-hydrogen) atoms. The number of nitrogens with zero attached hydrogens (tertiary/aromatic N) is 4.